The van der Waals surface area contributed by atoms with E-state index in [0.29, 0.717) is 6.54 Å². The molecule has 2 aromatic rings. The second-order valence-corrected chi connectivity index (χ2v) is 4.16. The first-order valence-corrected chi connectivity index (χ1v) is 5.56. The molecule has 0 aliphatic heterocycles. The lowest BCUT2D eigenvalue weighted by Gasteiger charge is -2.13. The molecule has 0 fully saturated rings. The molecule has 88 valence electrons. The highest BCUT2D eigenvalue weighted by Gasteiger charge is 2.07. The molecular formula is C14H15NO2. The third kappa shape index (κ3) is 3.04. The Kier molecular flexibility index (Phi) is 3.40. The molecular weight excluding hydrogens is 214 g/mol. The first-order valence-electron chi connectivity index (χ1n) is 5.56. The summed E-state index contributed by atoms with van der Waals surface area (Å²) >= 11 is 0. The third-order valence-electron chi connectivity index (χ3n) is 2.67. The normalized spacial score (nSPS) is 12.4. The molecule has 2 rings (SSSR count). The summed E-state index contributed by atoms with van der Waals surface area (Å²) < 4.78 is 1.80. The van der Waals surface area contributed by atoms with Gasteiger partial charge in [-0.1, -0.05) is 29.8 Å². The Morgan fingerprint density at radius 2 is 1.94 bits per heavy atom. The summed E-state index contributed by atoms with van der Waals surface area (Å²) in [5.41, 5.74) is 2.00. The molecule has 1 aromatic carbocycles. The number of pyridine rings is 1. The summed E-state index contributed by atoms with van der Waals surface area (Å²) in [7, 11) is 0. The van der Waals surface area contributed by atoms with Crippen molar-refractivity contribution in [3.8, 4) is 0 Å². The number of aliphatic hydroxyl groups excluding tert-OH is 1. The SMILES string of the molecule is Cc1cccc(C(O)Cn2ccc(=O)cc2)c1. The maximum absolute atomic E-state index is 10.9. The van der Waals surface area contributed by atoms with Gasteiger partial charge in [0, 0.05) is 24.5 Å². The number of rotatable bonds is 3. The van der Waals surface area contributed by atoms with E-state index in [4.69, 9.17) is 0 Å². The van der Waals surface area contributed by atoms with Crippen LogP contribution in [0.15, 0.2) is 53.6 Å². The van der Waals surface area contributed by atoms with Gasteiger partial charge in [0.15, 0.2) is 5.43 Å². The van der Waals surface area contributed by atoms with E-state index in [2.05, 4.69) is 0 Å². The minimum Gasteiger partial charge on any atom is -0.387 e. The van der Waals surface area contributed by atoms with Crippen LogP contribution in [0.25, 0.3) is 0 Å². The van der Waals surface area contributed by atoms with Gasteiger partial charge in [-0.15, -0.1) is 0 Å². The second-order valence-electron chi connectivity index (χ2n) is 4.16. The fourth-order valence-electron chi connectivity index (χ4n) is 1.75. The van der Waals surface area contributed by atoms with Crippen LogP contribution in [0.3, 0.4) is 0 Å². The van der Waals surface area contributed by atoms with Gasteiger partial charge in [0.1, 0.15) is 0 Å². The molecule has 1 aromatic heterocycles. The molecule has 0 aliphatic carbocycles. The molecule has 1 N–H and O–H groups in total. The molecule has 0 radical (unpaired) electrons. The maximum atomic E-state index is 10.9. The molecule has 3 heteroatoms. The van der Waals surface area contributed by atoms with Gasteiger partial charge in [-0.05, 0) is 12.5 Å². The molecule has 0 amide bonds. The summed E-state index contributed by atoms with van der Waals surface area (Å²) in [6, 6.07) is 10.8. The number of aryl methyl sites for hydroxylation is 1. The van der Waals surface area contributed by atoms with Crippen LogP contribution in [-0.4, -0.2) is 9.67 Å². The van der Waals surface area contributed by atoms with Gasteiger partial charge in [-0.25, -0.2) is 0 Å². The monoisotopic (exact) mass is 229 g/mol. The molecule has 0 saturated carbocycles. The number of hydrogen-bond acceptors (Lipinski definition) is 2. The highest BCUT2D eigenvalue weighted by molar-refractivity contribution is 5.24. The zero-order valence-electron chi connectivity index (χ0n) is 9.71. The summed E-state index contributed by atoms with van der Waals surface area (Å²) in [6.07, 6.45) is 2.81. The average Bonchev–Trinajstić information content (AvgIpc) is 2.32. The van der Waals surface area contributed by atoms with Crippen molar-refractivity contribution in [3.63, 3.8) is 0 Å². The molecule has 3 nitrogen and oxygen atoms in total. The van der Waals surface area contributed by atoms with Crippen molar-refractivity contribution in [3.05, 3.63) is 70.1 Å². The Balaban J connectivity index is 2.14. The fourth-order valence-corrected chi connectivity index (χ4v) is 1.75. The predicted octanol–water partition coefficient (Wildman–Crippen LogP) is 1.89. The summed E-state index contributed by atoms with van der Waals surface area (Å²) in [5.74, 6) is 0. The van der Waals surface area contributed by atoms with Crippen molar-refractivity contribution in [1.29, 1.82) is 0 Å². The van der Waals surface area contributed by atoms with E-state index in [0.717, 1.165) is 11.1 Å². The number of benzene rings is 1. The maximum Gasteiger partial charge on any atom is 0.181 e. The van der Waals surface area contributed by atoms with Crippen LogP contribution in [0, 0.1) is 6.92 Å². The van der Waals surface area contributed by atoms with Gasteiger partial charge in [0.05, 0.1) is 12.6 Å². The van der Waals surface area contributed by atoms with Crippen LogP contribution in [-0.2, 0) is 6.54 Å². The van der Waals surface area contributed by atoms with Crippen molar-refractivity contribution in [2.24, 2.45) is 0 Å². The van der Waals surface area contributed by atoms with Crippen molar-refractivity contribution >= 4 is 0 Å². The summed E-state index contributed by atoms with van der Waals surface area (Å²) in [4.78, 5) is 10.9. The summed E-state index contributed by atoms with van der Waals surface area (Å²) in [5, 5.41) is 10.1. The van der Waals surface area contributed by atoms with E-state index in [1.807, 2.05) is 31.2 Å². The lowest BCUT2D eigenvalue weighted by atomic mass is 10.1. The largest absolute Gasteiger partial charge is 0.387 e. The standard InChI is InChI=1S/C14H15NO2/c1-11-3-2-4-12(9-11)14(17)10-15-7-5-13(16)6-8-15/h2-9,14,17H,10H2,1H3. The van der Waals surface area contributed by atoms with E-state index >= 15 is 0 Å². The van der Waals surface area contributed by atoms with Gasteiger partial charge in [-0.2, -0.15) is 0 Å². The average molecular weight is 229 g/mol. The molecule has 1 heterocycles. The van der Waals surface area contributed by atoms with Crippen LogP contribution in [0.1, 0.15) is 17.2 Å². The topological polar surface area (TPSA) is 42.2 Å². The lowest BCUT2D eigenvalue weighted by molar-refractivity contribution is 0.156. The van der Waals surface area contributed by atoms with Crippen LogP contribution < -0.4 is 5.43 Å². The van der Waals surface area contributed by atoms with Crippen LogP contribution in [0.2, 0.25) is 0 Å². The number of aromatic nitrogens is 1. The first-order chi connectivity index (χ1) is 8.15. The van der Waals surface area contributed by atoms with Crippen LogP contribution in [0.5, 0.6) is 0 Å². The predicted molar refractivity (Wildman–Crippen MR) is 66.8 cm³/mol. The number of aliphatic hydroxyl groups is 1. The molecule has 0 bridgehead atoms. The quantitative estimate of drug-likeness (QED) is 0.873. The Morgan fingerprint density at radius 3 is 2.59 bits per heavy atom. The molecule has 1 unspecified atom stereocenters. The van der Waals surface area contributed by atoms with Gasteiger partial charge >= 0.3 is 0 Å². The Labute approximate surface area is 100.0 Å². The van der Waals surface area contributed by atoms with Gasteiger partial charge < -0.3 is 9.67 Å². The highest BCUT2D eigenvalue weighted by atomic mass is 16.3. The lowest BCUT2D eigenvalue weighted by Crippen LogP contribution is -2.10. The first kappa shape index (κ1) is 11.6. The van der Waals surface area contributed by atoms with Crippen molar-refractivity contribution in [2.75, 3.05) is 0 Å². The second kappa shape index (κ2) is 4.97. The molecule has 1 atom stereocenters. The Morgan fingerprint density at radius 1 is 1.24 bits per heavy atom. The minimum atomic E-state index is -0.558. The summed E-state index contributed by atoms with van der Waals surface area (Å²) in [6.45, 7) is 2.44. The molecule has 0 spiro atoms. The van der Waals surface area contributed by atoms with Crippen molar-refractivity contribution in [1.82, 2.24) is 4.57 Å². The van der Waals surface area contributed by atoms with E-state index in [1.54, 1.807) is 17.0 Å². The minimum absolute atomic E-state index is 0.0219. The molecule has 0 aliphatic rings. The van der Waals surface area contributed by atoms with Gasteiger partial charge in [0.25, 0.3) is 0 Å². The van der Waals surface area contributed by atoms with E-state index < -0.39 is 6.10 Å². The van der Waals surface area contributed by atoms with Crippen molar-refractivity contribution < 1.29 is 5.11 Å². The Hall–Kier alpha value is -1.87. The number of nitrogens with zero attached hydrogens (tertiary/aromatic N) is 1. The smallest absolute Gasteiger partial charge is 0.181 e. The third-order valence-corrected chi connectivity index (χ3v) is 2.67. The highest BCUT2D eigenvalue weighted by Crippen LogP contribution is 2.15. The zero-order chi connectivity index (χ0) is 12.3. The number of hydrogen-bond donors (Lipinski definition) is 1. The van der Waals surface area contributed by atoms with Crippen molar-refractivity contribution in [2.45, 2.75) is 19.6 Å². The van der Waals surface area contributed by atoms with E-state index in [9.17, 15) is 9.90 Å². The Bertz CT molecular complexity index is 540. The fraction of sp³-hybridized carbons (Fsp3) is 0.214. The van der Waals surface area contributed by atoms with Gasteiger partial charge in [0.2, 0.25) is 0 Å². The van der Waals surface area contributed by atoms with E-state index in [-0.39, 0.29) is 5.43 Å². The molecule has 17 heavy (non-hydrogen) atoms. The van der Waals surface area contributed by atoms with Crippen LogP contribution in [0.4, 0.5) is 0 Å². The van der Waals surface area contributed by atoms with Crippen LogP contribution >= 0.6 is 0 Å². The van der Waals surface area contributed by atoms with Gasteiger partial charge in [-0.3, -0.25) is 4.79 Å². The molecule has 0 saturated heterocycles. The zero-order valence-corrected chi connectivity index (χ0v) is 9.71. The van der Waals surface area contributed by atoms with E-state index in [1.165, 1.54) is 12.1 Å².